The fraction of sp³-hybridized carbons (Fsp3) is 0.273. The van der Waals surface area contributed by atoms with E-state index in [1.54, 1.807) is 0 Å². The van der Waals surface area contributed by atoms with Gasteiger partial charge < -0.3 is 9.84 Å². The lowest BCUT2D eigenvalue weighted by Crippen LogP contribution is -2.11. The number of aryl methyl sites for hydroxylation is 1. The highest BCUT2D eigenvalue weighted by Gasteiger charge is 1.98. The first-order valence-corrected chi connectivity index (χ1v) is 4.83. The van der Waals surface area contributed by atoms with E-state index in [9.17, 15) is 0 Å². The molecule has 0 aliphatic rings. The largest absolute Gasteiger partial charge is 0.464 e. The van der Waals surface area contributed by atoms with Crippen molar-refractivity contribution in [1.29, 1.82) is 0 Å². The first-order chi connectivity index (χ1) is 6.88. The second-order valence-electron chi connectivity index (χ2n) is 3.15. The van der Waals surface area contributed by atoms with Gasteiger partial charge in [0, 0.05) is 18.8 Å². The molecule has 0 saturated carbocycles. The smallest absolute Gasteiger partial charge is 0.124 e. The quantitative estimate of drug-likeness (QED) is 0.802. The Hall–Kier alpha value is -1.64. The summed E-state index contributed by atoms with van der Waals surface area (Å²) >= 11 is 0. The number of rotatable bonds is 4. The Morgan fingerprint density at radius 3 is 2.57 bits per heavy atom. The van der Waals surface area contributed by atoms with Crippen LogP contribution in [0.1, 0.15) is 18.4 Å². The van der Waals surface area contributed by atoms with Gasteiger partial charge in [0.25, 0.3) is 0 Å². The van der Waals surface area contributed by atoms with Gasteiger partial charge in [0.2, 0.25) is 0 Å². The van der Waals surface area contributed by atoms with Gasteiger partial charge in [-0.3, -0.25) is 4.68 Å². The molecule has 0 unspecified atom stereocenters. The topological polar surface area (TPSA) is 30.1 Å². The second kappa shape index (κ2) is 4.05. The molecule has 0 fully saturated rings. The van der Waals surface area contributed by atoms with Gasteiger partial charge in [0.05, 0.1) is 6.54 Å². The van der Waals surface area contributed by atoms with Crippen molar-refractivity contribution in [2.24, 2.45) is 0 Å². The fourth-order valence-electron chi connectivity index (χ4n) is 1.32. The van der Waals surface area contributed by atoms with Crippen molar-refractivity contribution in [3.05, 3.63) is 48.2 Å². The average molecular weight is 190 g/mol. The van der Waals surface area contributed by atoms with Crippen molar-refractivity contribution in [1.82, 2.24) is 4.68 Å². The number of aromatic nitrogens is 1. The summed E-state index contributed by atoms with van der Waals surface area (Å²) in [5.74, 6) is 2.00. The summed E-state index contributed by atoms with van der Waals surface area (Å²) in [5.41, 5.74) is 3.20. The van der Waals surface area contributed by atoms with Gasteiger partial charge in [0.1, 0.15) is 11.5 Å². The molecule has 2 aromatic rings. The molecule has 2 aromatic heterocycles. The highest BCUT2D eigenvalue weighted by molar-refractivity contribution is 5.08. The molecule has 0 atom stereocenters. The van der Waals surface area contributed by atoms with Crippen LogP contribution in [0.2, 0.25) is 0 Å². The van der Waals surface area contributed by atoms with Gasteiger partial charge in [-0.15, -0.1) is 0 Å². The molecule has 0 saturated heterocycles. The molecule has 0 aliphatic heterocycles. The van der Waals surface area contributed by atoms with E-state index in [0.717, 1.165) is 17.9 Å². The normalized spacial score (nSPS) is 10.4. The number of nitrogens with one attached hydrogen (secondary N) is 1. The van der Waals surface area contributed by atoms with Crippen molar-refractivity contribution in [3.63, 3.8) is 0 Å². The van der Waals surface area contributed by atoms with Crippen LogP contribution in [-0.2, 0) is 13.0 Å². The van der Waals surface area contributed by atoms with Crippen LogP contribution in [0.15, 0.2) is 41.1 Å². The first kappa shape index (κ1) is 8.94. The van der Waals surface area contributed by atoms with Crippen LogP contribution < -0.4 is 5.43 Å². The van der Waals surface area contributed by atoms with Crippen LogP contribution in [0.25, 0.3) is 0 Å². The van der Waals surface area contributed by atoms with Crippen molar-refractivity contribution >= 4 is 0 Å². The highest BCUT2D eigenvalue weighted by atomic mass is 16.3. The molecule has 74 valence electrons. The lowest BCUT2D eigenvalue weighted by molar-refractivity contribution is 0.470. The van der Waals surface area contributed by atoms with Gasteiger partial charge in [-0.05, 0) is 24.3 Å². The predicted molar refractivity (Wildman–Crippen MR) is 55.6 cm³/mol. The third-order valence-electron chi connectivity index (χ3n) is 2.11. The van der Waals surface area contributed by atoms with Crippen LogP contribution in [0.4, 0.5) is 0 Å². The van der Waals surface area contributed by atoms with E-state index in [2.05, 4.69) is 12.3 Å². The summed E-state index contributed by atoms with van der Waals surface area (Å²) in [4.78, 5) is 0. The van der Waals surface area contributed by atoms with Crippen LogP contribution in [0.5, 0.6) is 0 Å². The van der Waals surface area contributed by atoms with Crippen molar-refractivity contribution in [2.75, 3.05) is 5.43 Å². The Morgan fingerprint density at radius 2 is 1.93 bits per heavy atom. The minimum absolute atomic E-state index is 0.717. The summed E-state index contributed by atoms with van der Waals surface area (Å²) in [5, 5.41) is 0. The summed E-state index contributed by atoms with van der Waals surface area (Å²) in [6, 6.07) is 7.99. The summed E-state index contributed by atoms with van der Waals surface area (Å²) in [6.07, 6.45) is 4.87. The standard InChI is InChI=1S/C11H14N2O/c1-2-10-5-6-11(14-10)9-12-13-7-3-4-8-13/h3-8,12H,2,9H2,1H3. The Morgan fingerprint density at radius 1 is 1.21 bits per heavy atom. The van der Waals surface area contributed by atoms with Crippen LogP contribution in [-0.4, -0.2) is 4.68 Å². The molecule has 1 N–H and O–H groups in total. The zero-order valence-electron chi connectivity index (χ0n) is 8.23. The minimum Gasteiger partial charge on any atom is -0.464 e. The predicted octanol–water partition coefficient (Wildman–Crippen LogP) is 2.39. The summed E-state index contributed by atoms with van der Waals surface area (Å²) < 4.78 is 7.47. The molecule has 0 aliphatic carbocycles. The van der Waals surface area contributed by atoms with E-state index < -0.39 is 0 Å². The Labute approximate surface area is 83.3 Å². The molecule has 2 heterocycles. The Kier molecular flexibility index (Phi) is 2.58. The van der Waals surface area contributed by atoms with Crippen molar-refractivity contribution < 1.29 is 4.42 Å². The summed E-state index contributed by atoms with van der Waals surface area (Å²) in [7, 11) is 0. The number of furan rings is 1. The third kappa shape index (κ3) is 1.99. The lowest BCUT2D eigenvalue weighted by Gasteiger charge is -2.04. The average Bonchev–Trinajstić information content (AvgIpc) is 2.86. The molecular weight excluding hydrogens is 176 g/mol. The zero-order valence-corrected chi connectivity index (χ0v) is 8.23. The van der Waals surface area contributed by atoms with E-state index >= 15 is 0 Å². The van der Waals surface area contributed by atoms with Gasteiger partial charge >= 0.3 is 0 Å². The third-order valence-corrected chi connectivity index (χ3v) is 2.11. The molecule has 0 bridgehead atoms. The second-order valence-corrected chi connectivity index (χ2v) is 3.15. The monoisotopic (exact) mass is 190 g/mol. The van der Waals surface area contributed by atoms with Crippen LogP contribution in [0, 0.1) is 0 Å². The van der Waals surface area contributed by atoms with Crippen LogP contribution >= 0.6 is 0 Å². The molecular formula is C11H14N2O. The van der Waals surface area contributed by atoms with Gasteiger partial charge in [-0.2, -0.15) is 0 Å². The SMILES string of the molecule is CCc1ccc(CNn2cccc2)o1. The number of hydrogen-bond acceptors (Lipinski definition) is 2. The van der Waals surface area contributed by atoms with E-state index in [1.807, 2.05) is 41.3 Å². The van der Waals surface area contributed by atoms with E-state index in [1.165, 1.54) is 0 Å². The van der Waals surface area contributed by atoms with Gasteiger partial charge in [-0.1, -0.05) is 6.92 Å². The maximum Gasteiger partial charge on any atom is 0.124 e. The van der Waals surface area contributed by atoms with Crippen LogP contribution in [0.3, 0.4) is 0 Å². The minimum atomic E-state index is 0.717. The molecule has 3 heteroatoms. The fourth-order valence-corrected chi connectivity index (χ4v) is 1.32. The van der Waals surface area contributed by atoms with Gasteiger partial charge in [0.15, 0.2) is 0 Å². The molecule has 3 nitrogen and oxygen atoms in total. The maximum absolute atomic E-state index is 5.56. The molecule has 0 amide bonds. The molecule has 14 heavy (non-hydrogen) atoms. The Balaban J connectivity index is 1.92. The molecule has 0 aromatic carbocycles. The lowest BCUT2D eigenvalue weighted by atomic mass is 10.3. The van der Waals surface area contributed by atoms with E-state index in [4.69, 9.17) is 4.42 Å². The van der Waals surface area contributed by atoms with E-state index in [-0.39, 0.29) is 0 Å². The van der Waals surface area contributed by atoms with Crippen molar-refractivity contribution in [2.45, 2.75) is 19.9 Å². The molecule has 2 rings (SSSR count). The van der Waals surface area contributed by atoms with Crippen molar-refractivity contribution in [3.8, 4) is 0 Å². The zero-order chi connectivity index (χ0) is 9.80. The highest BCUT2D eigenvalue weighted by Crippen LogP contribution is 2.08. The molecule has 0 radical (unpaired) electrons. The Bertz CT molecular complexity index is 376. The van der Waals surface area contributed by atoms with E-state index in [0.29, 0.717) is 6.54 Å². The van der Waals surface area contributed by atoms with Gasteiger partial charge in [-0.25, -0.2) is 0 Å². The maximum atomic E-state index is 5.56. The first-order valence-electron chi connectivity index (χ1n) is 4.83. The number of hydrogen-bond donors (Lipinski definition) is 1. The summed E-state index contributed by atoms with van der Waals surface area (Å²) in [6.45, 7) is 2.80. The number of nitrogens with zero attached hydrogens (tertiary/aromatic N) is 1. The molecule has 0 spiro atoms.